The summed E-state index contributed by atoms with van der Waals surface area (Å²) < 4.78 is 0. The summed E-state index contributed by atoms with van der Waals surface area (Å²) in [6.07, 6.45) is 0. The van der Waals surface area contributed by atoms with Gasteiger partial charge in [-0.25, -0.2) is 0 Å². The lowest BCUT2D eigenvalue weighted by atomic mass is 10.0. The molecule has 0 aliphatic carbocycles. The number of aryl methyl sites for hydroxylation is 5. The Bertz CT molecular complexity index is 568. The van der Waals surface area contributed by atoms with Crippen molar-refractivity contribution in [2.24, 2.45) is 0 Å². The molecule has 0 aliphatic heterocycles. The highest BCUT2D eigenvalue weighted by atomic mass is 15.1. The summed E-state index contributed by atoms with van der Waals surface area (Å²) in [5, 5.41) is 0. The molecule has 0 atom stereocenters. The first kappa shape index (κ1) is 13.7. The quantitative estimate of drug-likeness (QED) is 0.728. The molecule has 0 bridgehead atoms. The summed E-state index contributed by atoms with van der Waals surface area (Å²) in [6.45, 7) is 10.9. The average molecular weight is 253 g/mol. The van der Waals surface area contributed by atoms with Gasteiger partial charge in [0.15, 0.2) is 0 Å². The van der Waals surface area contributed by atoms with Gasteiger partial charge in [-0.2, -0.15) is 0 Å². The van der Waals surface area contributed by atoms with Gasteiger partial charge in [-0.1, -0.05) is 35.9 Å². The predicted molar refractivity (Wildman–Crippen MR) is 84.6 cm³/mol. The van der Waals surface area contributed by atoms with E-state index in [0.717, 1.165) is 0 Å². The van der Waals surface area contributed by atoms with Gasteiger partial charge in [0, 0.05) is 18.4 Å². The molecule has 1 nitrogen and oxygen atoms in total. The summed E-state index contributed by atoms with van der Waals surface area (Å²) in [5.74, 6) is 0. The van der Waals surface area contributed by atoms with Gasteiger partial charge in [-0.05, 0) is 56.9 Å². The maximum absolute atomic E-state index is 2.33. The van der Waals surface area contributed by atoms with Gasteiger partial charge in [0.05, 0.1) is 0 Å². The Labute approximate surface area is 116 Å². The van der Waals surface area contributed by atoms with Gasteiger partial charge in [0.25, 0.3) is 0 Å². The molecule has 2 aromatic carbocycles. The van der Waals surface area contributed by atoms with Crippen molar-refractivity contribution >= 4 is 11.4 Å². The van der Waals surface area contributed by atoms with E-state index in [-0.39, 0.29) is 0 Å². The van der Waals surface area contributed by atoms with E-state index in [1.54, 1.807) is 0 Å². The average Bonchev–Trinajstić information content (AvgIpc) is 2.26. The third-order valence-electron chi connectivity index (χ3n) is 3.75. The lowest BCUT2D eigenvalue weighted by molar-refractivity contribution is 1.12. The zero-order valence-corrected chi connectivity index (χ0v) is 12.8. The highest BCUT2D eigenvalue weighted by Gasteiger charge is 2.14. The summed E-state index contributed by atoms with van der Waals surface area (Å²) in [6, 6.07) is 11.0. The standard InChI is InChI=1S/C18H23N/c1-12-10-15(4)18(16(5)11-12)19(6)17-13(2)8-7-9-14(17)3/h7-11H,1-6H3. The molecule has 0 radical (unpaired) electrons. The monoisotopic (exact) mass is 253 g/mol. The number of anilines is 2. The fraction of sp³-hybridized carbons (Fsp3) is 0.333. The SMILES string of the molecule is Cc1cc(C)c(N(C)c2c(C)cccc2C)c(C)c1. The van der Waals surface area contributed by atoms with Gasteiger partial charge < -0.3 is 4.90 Å². The van der Waals surface area contributed by atoms with Crippen LogP contribution in [0.25, 0.3) is 0 Å². The van der Waals surface area contributed by atoms with Crippen molar-refractivity contribution in [2.45, 2.75) is 34.6 Å². The largest absolute Gasteiger partial charge is 0.344 e. The third kappa shape index (κ3) is 2.51. The van der Waals surface area contributed by atoms with E-state index in [9.17, 15) is 0 Å². The maximum atomic E-state index is 2.33. The van der Waals surface area contributed by atoms with Gasteiger partial charge in [0.2, 0.25) is 0 Å². The first-order valence-electron chi connectivity index (χ1n) is 6.79. The van der Waals surface area contributed by atoms with Crippen LogP contribution in [0.15, 0.2) is 30.3 Å². The van der Waals surface area contributed by atoms with E-state index < -0.39 is 0 Å². The van der Waals surface area contributed by atoms with Crippen LogP contribution in [-0.2, 0) is 0 Å². The molecule has 19 heavy (non-hydrogen) atoms. The first-order chi connectivity index (χ1) is 8.91. The smallest absolute Gasteiger partial charge is 0.0467 e. The Morgan fingerprint density at radius 2 is 1.11 bits per heavy atom. The van der Waals surface area contributed by atoms with Crippen LogP contribution >= 0.6 is 0 Å². The normalized spacial score (nSPS) is 10.6. The van der Waals surface area contributed by atoms with Gasteiger partial charge in [-0.15, -0.1) is 0 Å². The summed E-state index contributed by atoms with van der Waals surface area (Å²) in [7, 11) is 2.17. The Morgan fingerprint density at radius 3 is 1.58 bits per heavy atom. The van der Waals surface area contributed by atoms with Gasteiger partial charge in [-0.3, -0.25) is 0 Å². The highest BCUT2D eigenvalue weighted by molar-refractivity contribution is 5.73. The van der Waals surface area contributed by atoms with E-state index in [2.05, 4.69) is 76.9 Å². The summed E-state index contributed by atoms with van der Waals surface area (Å²) >= 11 is 0. The van der Waals surface area contributed by atoms with Crippen molar-refractivity contribution in [1.82, 2.24) is 0 Å². The van der Waals surface area contributed by atoms with E-state index in [4.69, 9.17) is 0 Å². The topological polar surface area (TPSA) is 3.24 Å². The van der Waals surface area contributed by atoms with Crippen LogP contribution in [0.2, 0.25) is 0 Å². The Hall–Kier alpha value is -1.76. The van der Waals surface area contributed by atoms with Crippen LogP contribution in [0.4, 0.5) is 11.4 Å². The summed E-state index contributed by atoms with van der Waals surface area (Å²) in [4.78, 5) is 2.33. The highest BCUT2D eigenvalue weighted by Crippen LogP contribution is 2.34. The molecule has 0 saturated heterocycles. The molecule has 100 valence electrons. The molecule has 0 aliphatic rings. The number of hydrogen-bond donors (Lipinski definition) is 0. The zero-order valence-electron chi connectivity index (χ0n) is 12.8. The van der Waals surface area contributed by atoms with Crippen molar-refractivity contribution in [1.29, 1.82) is 0 Å². The first-order valence-corrected chi connectivity index (χ1v) is 6.79. The number of nitrogens with zero attached hydrogens (tertiary/aromatic N) is 1. The molecule has 0 unspecified atom stereocenters. The molecule has 0 heterocycles. The summed E-state index contributed by atoms with van der Waals surface area (Å²) in [5.41, 5.74) is 9.28. The van der Waals surface area contributed by atoms with Gasteiger partial charge in [0.1, 0.15) is 0 Å². The predicted octanol–water partition coefficient (Wildman–Crippen LogP) is 5.00. The van der Waals surface area contributed by atoms with Crippen molar-refractivity contribution < 1.29 is 0 Å². The van der Waals surface area contributed by atoms with Crippen LogP contribution < -0.4 is 4.90 Å². The van der Waals surface area contributed by atoms with E-state index in [0.29, 0.717) is 0 Å². The van der Waals surface area contributed by atoms with E-state index >= 15 is 0 Å². The molecule has 1 heteroatoms. The number of para-hydroxylation sites is 1. The molecule has 0 spiro atoms. The van der Waals surface area contributed by atoms with Crippen molar-refractivity contribution in [3.63, 3.8) is 0 Å². The Morgan fingerprint density at radius 1 is 0.684 bits per heavy atom. The molecule has 0 N–H and O–H groups in total. The third-order valence-corrected chi connectivity index (χ3v) is 3.75. The lowest BCUT2D eigenvalue weighted by Crippen LogP contribution is -2.15. The molecule has 2 aromatic rings. The van der Waals surface area contributed by atoms with Crippen molar-refractivity contribution in [3.8, 4) is 0 Å². The lowest BCUT2D eigenvalue weighted by Gasteiger charge is -2.27. The second kappa shape index (κ2) is 5.08. The minimum atomic E-state index is 1.32. The van der Waals surface area contributed by atoms with Gasteiger partial charge >= 0.3 is 0 Å². The van der Waals surface area contributed by atoms with Crippen LogP contribution in [-0.4, -0.2) is 7.05 Å². The molecule has 2 rings (SSSR count). The van der Waals surface area contributed by atoms with E-state index in [1.165, 1.54) is 39.2 Å². The van der Waals surface area contributed by atoms with Crippen LogP contribution in [0.5, 0.6) is 0 Å². The van der Waals surface area contributed by atoms with Crippen LogP contribution in [0.3, 0.4) is 0 Å². The molecular formula is C18H23N. The Balaban J connectivity index is 2.60. The number of benzene rings is 2. The van der Waals surface area contributed by atoms with Crippen LogP contribution in [0, 0.1) is 34.6 Å². The molecule has 0 amide bonds. The van der Waals surface area contributed by atoms with Crippen molar-refractivity contribution in [2.75, 3.05) is 11.9 Å². The zero-order chi connectivity index (χ0) is 14.2. The Kier molecular flexibility index (Phi) is 3.66. The molecule has 0 saturated carbocycles. The van der Waals surface area contributed by atoms with E-state index in [1.807, 2.05) is 0 Å². The minimum absolute atomic E-state index is 1.32. The maximum Gasteiger partial charge on any atom is 0.0467 e. The second-order valence-corrected chi connectivity index (χ2v) is 5.55. The fourth-order valence-electron chi connectivity index (χ4n) is 3.15. The molecular weight excluding hydrogens is 230 g/mol. The molecule has 0 aromatic heterocycles. The van der Waals surface area contributed by atoms with Crippen molar-refractivity contribution in [3.05, 3.63) is 58.1 Å². The minimum Gasteiger partial charge on any atom is -0.344 e. The van der Waals surface area contributed by atoms with Crippen LogP contribution in [0.1, 0.15) is 27.8 Å². The second-order valence-electron chi connectivity index (χ2n) is 5.55. The fourth-order valence-corrected chi connectivity index (χ4v) is 3.15. The number of hydrogen-bond acceptors (Lipinski definition) is 1. The number of rotatable bonds is 2. The molecule has 0 fully saturated rings.